The molecule has 0 aliphatic carbocycles. The van der Waals surface area contributed by atoms with Crippen LogP contribution >= 0.6 is 23.2 Å². The van der Waals surface area contributed by atoms with Gasteiger partial charge in [-0.15, -0.1) is 0 Å². The van der Waals surface area contributed by atoms with Crippen LogP contribution in [0.2, 0.25) is 10.2 Å². The van der Waals surface area contributed by atoms with E-state index in [0.29, 0.717) is 18.1 Å². The van der Waals surface area contributed by atoms with Crippen LogP contribution in [0.5, 0.6) is 0 Å². The van der Waals surface area contributed by atoms with Crippen LogP contribution in [0.25, 0.3) is 0 Å². The lowest BCUT2D eigenvalue weighted by Crippen LogP contribution is -2.21. The van der Waals surface area contributed by atoms with Gasteiger partial charge in [0.2, 0.25) is 0 Å². The van der Waals surface area contributed by atoms with Gasteiger partial charge in [0.25, 0.3) is 5.56 Å². The monoisotopic (exact) mass is 289 g/mol. The second-order valence-electron chi connectivity index (χ2n) is 3.50. The zero-order chi connectivity index (χ0) is 13.1. The van der Waals surface area contributed by atoms with Gasteiger partial charge in [0.15, 0.2) is 10.9 Å². The average molecular weight is 290 g/mol. The summed E-state index contributed by atoms with van der Waals surface area (Å²) in [5.74, 6) is 0.577. The molecule has 0 fully saturated rings. The number of halogens is 2. The van der Waals surface area contributed by atoms with Gasteiger partial charge in [0.05, 0.1) is 12.9 Å². The number of hydrogen-bond donors (Lipinski definition) is 0. The first kappa shape index (κ1) is 13.1. The summed E-state index contributed by atoms with van der Waals surface area (Å²) in [7, 11) is 1.55. The van der Waals surface area contributed by atoms with Crippen molar-refractivity contribution in [2.75, 3.05) is 7.11 Å². The van der Waals surface area contributed by atoms with Gasteiger partial charge in [-0.05, 0) is 0 Å². The molecule has 0 N–H and O–H groups in total. The highest BCUT2D eigenvalue weighted by Gasteiger charge is 2.10. The molecule has 6 nitrogen and oxygen atoms in total. The van der Waals surface area contributed by atoms with Crippen LogP contribution in [0.4, 0.5) is 0 Å². The van der Waals surface area contributed by atoms with Crippen LogP contribution in [0.15, 0.2) is 21.7 Å². The maximum absolute atomic E-state index is 11.7. The molecule has 0 aliphatic rings. The maximum Gasteiger partial charge on any atom is 0.274 e. The fraction of sp³-hybridized carbons (Fsp3) is 0.300. The smallest absolute Gasteiger partial charge is 0.274 e. The lowest BCUT2D eigenvalue weighted by molar-refractivity contribution is 0.155. The summed E-state index contributed by atoms with van der Waals surface area (Å²) < 4.78 is 11.2. The molecule has 2 aromatic heterocycles. The first-order valence-electron chi connectivity index (χ1n) is 4.95. The van der Waals surface area contributed by atoms with Crippen molar-refractivity contribution in [3.8, 4) is 0 Å². The van der Waals surface area contributed by atoms with Crippen LogP contribution < -0.4 is 5.56 Å². The number of rotatable bonds is 4. The van der Waals surface area contributed by atoms with E-state index in [1.54, 1.807) is 13.2 Å². The van der Waals surface area contributed by atoms with Gasteiger partial charge >= 0.3 is 0 Å². The minimum Gasteiger partial charge on any atom is -0.377 e. The summed E-state index contributed by atoms with van der Waals surface area (Å²) in [6.07, 6.45) is 1.31. The molecule has 0 aliphatic heterocycles. The predicted molar refractivity (Wildman–Crippen MR) is 64.8 cm³/mol. The van der Waals surface area contributed by atoms with E-state index in [4.69, 9.17) is 32.5 Å². The Morgan fingerprint density at radius 1 is 1.50 bits per heavy atom. The fourth-order valence-electron chi connectivity index (χ4n) is 1.37. The zero-order valence-corrected chi connectivity index (χ0v) is 10.9. The van der Waals surface area contributed by atoms with Crippen molar-refractivity contribution in [3.63, 3.8) is 0 Å². The van der Waals surface area contributed by atoms with Gasteiger partial charge in [-0.3, -0.25) is 9.36 Å². The maximum atomic E-state index is 11.7. The van der Waals surface area contributed by atoms with Gasteiger partial charge in [0.1, 0.15) is 17.3 Å². The molecule has 2 rings (SSSR count). The molecule has 0 radical (unpaired) electrons. The highest BCUT2D eigenvalue weighted by atomic mass is 35.5. The fourth-order valence-corrected chi connectivity index (χ4v) is 1.65. The van der Waals surface area contributed by atoms with Crippen molar-refractivity contribution < 1.29 is 9.26 Å². The van der Waals surface area contributed by atoms with Gasteiger partial charge in [-0.1, -0.05) is 28.4 Å². The second kappa shape index (κ2) is 5.51. The molecule has 0 atom stereocenters. The topological polar surface area (TPSA) is 70.2 Å². The van der Waals surface area contributed by atoms with E-state index >= 15 is 0 Å². The standard InChI is InChI=1S/C10H9Cl2N3O3/c1-17-4-7-2-6(14-18-7)3-15-5-13-9(12)8(11)10(15)16/h2,5H,3-4H2,1H3. The highest BCUT2D eigenvalue weighted by Crippen LogP contribution is 2.13. The minimum atomic E-state index is -0.423. The van der Waals surface area contributed by atoms with Crippen LogP contribution in [0.1, 0.15) is 11.5 Å². The van der Waals surface area contributed by atoms with Crippen molar-refractivity contribution in [1.82, 2.24) is 14.7 Å². The third kappa shape index (κ3) is 2.72. The van der Waals surface area contributed by atoms with Gasteiger partial charge in [-0.25, -0.2) is 4.98 Å². The largest absolute Gasteiger partial charge is 0.377 e. The van der Waals surface area contributed by atoms with Crippen molar-refractivity contribution in [3.05, 3.63) is 44.4 Å². The first-order valence-corrected chi connectivity index (χ1v) is 5.71. The van der Waals surface area contributed by atoms with Crippen LogP contribution in [-0.4, -0.2) is 21.8 Å². The summed E-state index contributed by atoms with van der Waals surface area (Å²) >= 11 is 11.3. The van der Waals surface area contributed by atoms with Gasteiger partial charge < -0.3 is 9.26 Å². The summed E-state index contributed by atoms with van der Waals surface area (Å²) in [5.41, 5.74) is 0.150. The first-order chi connectivity index (χ1) is 8.61. The molecule has 96 valence electrons. The Morgan fingerprint density at radius 3 is 3.00 bits per heavy atom. The van der Waals surface area contributed by atoms with Crippen molar-refractivity contribution in [2.45, 2.75) is 13.2 Å². The molecule has 18 heavy (non-hydrogen) atoms. The van der Waals surface area contributed by atoms with E-state index in [1.165, 1.54) is 10.9 Å². The van der Waals surface area contributed by atoms with E-state index in [2.05, 4.69) is 10.1 Å². The third-order valence-electron chi connectivity index (χ3n) is 2.17. The number of hydrogen-bond acceptors (Lipinski definition) is 5. The minimum absolute atomic E-state index is 0.0156. The summed E-state index contributed by atoms with van der Waals surface area (Å²) in [4.78, 5) is 15.5. The van der Waals surface area contributed by atoms with Gasteiger partial charge in [-0.2, -0.15) is 0 Å². The lowest BCUT2D eigenvalue weighted by atomic mass is 10.3. The molecule has 0 aromatic carbocycles. The molecule has 0 bridgehead atoms. The lowest BCUT2D eigenvalue weighted by Gasteiger charge is -2.02. The second-order valence-corrected chi connectivity index (χ2v) is 4.24. The molecule has 0 amide bonds. The molecule has 8 heteroatoms. The Balaban J connectivity index is 2.23. The summed E-state index contributed by atoms with van der Waals surface area (Å²) in [6.45, 7) is 0.525. The molecule has 0 spiro atoms. The number of nitrogens with zero attached hydrogens (tertiary/aromatic N) is 3. The van der Waals surface area contributed by atoms with E-state index in [0.717, 1.165) is 0 Å². The Bertz CT molecular complexity index is 609. The SMILES string of the molecule is COCc1cc(Cn2cnc(Cl)c(Cl)c2=O)no1. The zero-order valence-electron chi connectivity index (χ0n) is 9.39. The van der Waals surface area contributed by atoms with Crippen LogP contribution in [0, 0.1) is 0 Å². The third-order valence-corrected chi connectivity index (χ3v) is 2.89. The van der Waals surface area contributed by atoms with Crippen molar-refractivity contribution >= 4 is 23.2 Å². The van der Waals surface area contributed by atoms with E-state index in [1.807, 2.05) is 0 Å². The average Bonchev–Trinajstić information content (AvgIpc) is 2.78. The molecule has 0 unspecified atom stereocenters. The molecule has 0 saturated carbocycles. The Kier molecular flexibility index (Phi) is 4.00. The Morgan fingerprint density at radius 2 is 2.28 bits per heavy atom. The van der Waals surface area contributed by atoms with Crippen LogP contribution in [0.3, 0.4) is 0 Å². The van der Waals surface area contributed by atoms with E-state index in [-0.39, 0.29) is 16.7 Å². The number of methoxy groups -OCH3 is 1. The van der Waals surface area contributed by atoms with Crippen molar-refractivity contribution in [1.29, 1.82) is 0 Å². The van der Waals surface area contributed by atoms with E-state index < -0.39 is 5.56 Å². The normalized spacial score (nSPS) is 10.8. The summed E-state index contributed by atoms with van der Waals surface area (Å²) in [5, 5.41) is 3.68. The van der Waals surface area contributed by atoms with Gasteiger partial charge in [0, 0.05) is 13.2 Å². The molecule has 2 heterocycles. The molecular formula is C10H9Cl2N3O3. The highest BCUT2D eigenvalue weighted by molar-refractivity contribution is 6.40. The van der Waals surface area contributed by atoms with Crippen LogP contribution in [-0.2, 0) is 17.9 Å². The predicted octanol–water partition coefficient (Wildman–Crippen LogP) is 1.73. The molecule has 2 aromatic rings. The molecule has 0 saturated heterocycles. The Hall–Kier alpha value is -1.37. The van der Waals surface area contributed by atoms with E-state index in [9.17, 15) is 4.79 Å². The quantitative estimate of drug-likeness (QED) is 0.802. The summed E-state index contributed by atoms with van der Waals surface area (Å²) in [6, 6.07) is 1.69. The Labute approximate surface area is 112 Å². The molecular weight excluding hydrogens is 281 g/mol. The number of ether oxygens (including phenoxy) is 1. The van der Waals surface area contributed by atoms with Crippen molar-refractivity contribution in [2.24, 2.45) is 0 Å². The number of aromatic nitrogens is 3.